The van der Waals surface area contributed by atoms with Crippen LogP contribution in [-0.2, 0) is 4.79 Å². The number of likely N-dealkylation sites (tertiary alicyclic amines) is 1. The first-order valence-corrected chi connectivity index (χ1v) is 7.35. The lowest BCUT2D eigenvalue weighted by Crippen LogP contribution is -2.50. The van der Waals surface area contributed by atoms with Gasteiger partial charge in [-0.05, 0) is 33.6 Å². The van der Waals surface area contributed by atoms with Crippen LogP contribution in [-0.4, -0.2) is 67.0 Å². The molecule has 3 atom stereocenters. The van der Waals surface area contributed by atoms with E-state index in [2.05, 4.69) is 29.4 Å². The lowest BCUT2D eigenvalue weighted by atomic mass is 10.2. The summed E-state index contributed by atoms with van der Waals surface area (Å²) in [6, 6.07) is 0.652. The van der Waals surface area contributed by atoms with Crippen molar-refractivity contribution < 1.29 is 9.59 Å². The first kappa shape index (κ1) is 16.8. The standard InChI is InChI=1S/C14H28N4O2/c1-10-6-7-11(2)18(10)12(3)13(19)15-8-9-16-14(20)17(4)5/h10-12H,6-9H2,1-5H3,(H,15,19)(H,16,20)/t10-,11+,12-/m1/s1. The highest BCUT2D eigenvalue weighted by Crippen LogP contribution is 2.25. The van der Waals surface area contributed by atoms with Gasteiger partial charge in [-0.1, -0.05) is 0 Å². The molecule has 3 amide bonds. The molecule has 1 saturated heterocycles. The second kappa shape index (κ2) is 7.47. The molecule has 0 aromatic heterocycles. The number of urea groups is 1. The van der Waals surface area contributed by atoms with E-state index < -0.39 is 0 Å². The van der Waals surface area contributed by atoms with E-state index in [1.165, 1.54) is 4.90 Å². The first-order chi connectivity index (χ1) is 9.34. The minimum Gasteiger partial charge on any atom is -0.353 e. The molecular weight excluding hydrogens is 256 g/mol. The van der Waals surface area contributed by atoms with Crippen LogP contribution in [0.5, 0.6) is 0 Å². The summed E-state index contributed by atoms with van der Waals surface area (Å²) in [4.78, 5) is 27.2. The van der Waals surface area contributed by atoms with Crippen LogP contribution in [0.3, 0.4) is 0 Å². The molecule has 1 fully saturated rings. The third kappa shape index (κ3) is 4.37. The van der Waals surface area contributed by atoms with Gasteiger partial charge >= 0.3 is 6.03 Å². The molecule has 1 aliphatic heterocycles. The van der Waals surface area contributed by atoms with Crippen LogP contribution >= 0.6 is 0 Å². The molecule has 6 nitrogen and oxygen atoms in total. The van der Waals surface area contributed by atoms with Gasteiger partial charge in [0.15, 0.2) is 0 Å². The molecule has 20 heavy (non-hydrogen) atoms. The highest BCUT2D eigenvalue weighted by Gasteiger charge is 2.34. The van der Waals surface area contributed by atoms with Gasteiger partial charge in [0.05, 0.1) is 6.04 Å². The molecule has 0 saturated carbocycles. The molecule has 2 N–H and O–H groups in total. The van der Waals surface area contributed by atoms with Crippen LogP contribution in [0.4, 0.5) is 4.79 Å². The smallest absolute Gasteiger partial charge is 0.316 e. The number of hydrogen-bond donors (Lipinski definition) is 2. The summed E-state index contributed by atoms with van der Waals surface area (Å²) in [5, 5.41) is 5.60. The van der Waals surface area contributed by atoms with E-state index in [9.17, 15) is 9.59 Å². The molecule has 0 unspecified atom stereocenters. The van der Waals surface area contributed by atoms with E-state index in [4.69, 9.17) is 0 Å². The molecule has 1 aliphatic rings. The predicted molar refractivity (Wildman–Crippen MR) is 79.6 cm³/mol. The number of hydrogen-bond acceptors (Lipinski definition) is 3. The maximum Gasteiger partial charge on any atom is 0.316 e. The predicted octanol–water partition coefficient (Wildman–Crippen LogP) is 0.635. The number of carbonyl (C=O) groups excluding carboxylic acids is 2. The SMILES string of the molecule is C[C@@H]1CC[C@H](C)N1[C@H](C)C(=O)NCCNC(=O)N(C)C. The summed E-state index contributed by atoms with van der Waals surface area (Å²) >= 11 is 0. The molecule has 116 valence electrons. The quantitative estimate of drug-likeness (QED) is 0.728. The van der Waals surface area contributed by atoms with Crippen molar-refractivity contribution in [2.24, 2.45) is 0 Å². The van der Waals surface area contributed by atoms with Crippen molar-refractivity contribution in [2.45, 2.75) is 51.7 Å². The van der Waals surface area contributed by atoms with Gasteiger partial charge in [0.1, 0.15) is 0 Å². The van der Waals surface area contributed by atoms with E-state index >= 15 is 0 Å². The fourth-order valence-electron chi connectivity index (χ4n) is 2.77. The molecule has 0 aromatic rings. The Morgan fingerprint density at radius 1 is 1.15 bits per heavy atom. The van der Waals surface area contributed by atoms with Crippen LogP contribution in [0.1, 0.15) is 33.6 Å². The largest absolute Gasteiger partial charge is 0.353 e. The van der Waals surface area contributed by atoms with Crippen molar-refractivity contribution in [2.75, 3.05) is 27.2 Å². The Labute approximate surface area is 121 Å². The second-order valence-corrected chi connectivity index (χ2v) is 5.82. The maximum absolute atomic E-state index is 12.1. The maximum atomic E-state index is 12.1. The van der Waals surface area contributed by atoms with Crippen molar-refractivity contribution in [3.05, 3.63) is 0 Å². The van der Waals surface area contributed by atoms with Crippen LogP contribution in [0.15, 0.2) is 0 Å². The van der Waals surface area contributed by atoms with Crippen LogP contribution < -0.4 is 10.6 Å². The van der Waals surface area contributed by atoms with Crippen molar-refractivity contribution in [1.29, 1.82) is 0 Å². The molecule has 0 radical (unpaired) electrons. The van der Waals surface area contributed by atoms with Crippen LogP contribution in [0, 0.1) is 0 Å². The summed E-state index contributed by atoms with van der Waals surface area (Å²) in [6.45, 7) is 7.20. The van der Waals surface area contributed by atoms with E-state index in [1.54, 1.807) is 14.1 Å². The zero-order valence-corrected chi connectivity index (χ0v) is 13.3. The minimum absolute atomic E-state index is 0.0321. The Bertz CT molecular complexity index is 336. The van der Waals surface area contributed by atoms with Gasteiger partial charge < -0.3 is 15.5 Å². The topological polar surface area (TPSA) is 64.7 Å². The molecule has 0 aromatic carbocycles. The fourth-order valence-corrected chi connectivity index (χ4v) is 2.77. The van der Waals surface area contributed by atoms with Gasteiger partial charge in [-0.2, -0.15) is 0 Å². The molecule has 1 rings (SSSR count). The molecule has 0 aliphatic carbocycles. The normalized spacial score (nSPS) is 24.2. The molecular formula is C14H28N4O2. The third-order valence-corrected chi connectivity index (χ3v) is 3.95. The number of amides is 3. The number of nitrogens with zero attached hydrogens (tertiary/aromatic N) is 2. The summed E-state index contributed by atoms with van der Waals surface area (Å²) in [6.07, 6.45) is 2.30. The second-order valence-electron chi connectivity index (χ2n) is 5.82. The summed E-state index contributed by atoms with van der Waals surface area (Å²) < 4.78 is 0. The van der Waals surface area contributed by atoms with Gasteiger partial charge in [0, 0.05) is 39.3 Å². The average molecular weight is 284 g/mol. The number of carbonyl (C=O) groups is 2. The van der Waals surface area contributed by atoms with E-state index in [0.717, 1.165) is 12.8 Å². The third-order valence-electron chi connectivity index (χ3n) is 3.95. The Hall–Kier alpha value is -1.30. The van der Waals surface area contributed by atoms with Crippen molar-refractivity contribution >= 4 is 11.9 Å². The molecule has 0 bridgehead atoms. The van der Waals surface area contributed by atoms with E-state index in [1.807, 2.05) is 6.92 Å². The molecule has 0 spiro atoms. The monoisotopic (exact) mass is 284 g/mol. The van der Waals surface area contributed by atoms with E-state index in [-0.39, 0.29) is 18.0 Å². The Morgan fingerprint density at radius 2 is 1.65 bits per heavy atom. The Balaban J connectivity index is 2.30. The average Bonchev–Trinajstić information content (AvgIpc) is 2.72. The minimum atomic E-state index is -0.144. The zero-order chi connectivity index (χ0) is 15.3. The summed E-state index contributed by atoms with van der Waals surface area (Å²) in [5.74, 6) is 0.0321. The first-order valence-electron chi connectivity index (χ1n) is 7.35. The fraction of sp³-hybridized carbons (Fsp3) is 0.857. The Morgan fingerprint density at radius 3 is 2.15 bits per heavy atom. The van der Waals surface area contributed by atoms with Gasteiger partial charge in [0.25, 0.3) is 0 Å². The van der Waals surface area contributed by atoms with Crippen molar-refractivity contribution in [3.63, 3.8) is 0 Å². The number of nitrogens with one attached hydrogen (secondary N) is 2. The van der Waals surface area contributed by atoms with Gasteiger partial charge in [-0.3, -0.25) is 9.69 Å². The van der Waals surface area contributed by atoms with Crippen LogP contribution in [0.25, 0.3) is 0 Å². The van der Waals surface area contributed by atoms with Crippen molar-refractivity contribution in [1.82, 2.24) is 20.4 Å². The lowest BCUT2D eigenvalue weighted by Gasteiger charge is -2.31. The van der Waals surface area contributed by atoms with Crippen molar-refractivity contribution in [3.8, 4) is 0 Å². The van der Waals surface area contributed by atoms with Gasteiger partial charge in [-0.25, -0.2) is 4.79 Å². The summed E-state index contributed by atoms with van der Waals surface area (Å²) in [5.41, 5.74) is 0. The molecule has 6 heteroatoms. The van der Waals surface area contributed by atoms with Crippen LogP contribution in [0.2, 0.25) is 0 Å². The highest BCUT2D eigenvalue weighted by molar-refractivity contribution is 5.81. The van der Waals surface area contributed by atoms with E-state index in [0.29, 0.717) is 25.2 Å². The Kier molecular flexibility index (Phi) is 6.26. The van der Waals surface area contributed by atoms with Gasteiger partial charge in [-0.15, -0.1) is 0 Å². The lowest BCUT2D eigenvalue weighted by molar-refractivity contribution is -0.126. The summed E-state index contributed by atoms with van der Waals surface area (Å²) in [7, 11) is 3.37. The number of rotatable bonds is 5. The highest BCUT2D eigenvalue weighted by atomic mass is 16.2. The molecule has 1 heterocycles. The van der Waals surface area contributed by atoms with Gasteiger partial charge in [0.2, 0.25) is 5.91 Å². The zero-order valence-electron chi connectivity index (χ0n) is 13.3.